The van der Waals surface area contributed by atoms with Gasteiger partial charge in [0.2, 0.25) is 0 Å². The first-order chi connectivity index (χ1) is 6.70. The van der Waals surface area contributed by atoms with Crippen LogP contribution in [-0.4, -0.2) is 10.9 Å². The van der Waals surface area contributed by atoms with E-state index in [4.69, 9.17) is 0 Å². The Labute approximate surface area is 92.5 Å². The lowest BCUT2D eigenvalue weighted by atomic mass is 10.1. The molecule has 0 spiro atoms. The topological polar surface area (TPSA) is 20.2 Å². The fraction of sp³-hybridized carbons (Fsp3) is 0.636. The third-order valence-corrected chi connectivity index (χ3v) is 5.74. The summed E-state index contributed by atoms with van der Waals surface area (Å²) in [5.41, 5.74) is 1.03. The molecule has 1 aromatic rings. The van der Waals surface area contributed by atoms with E-state index in [-0.39, 0.29) is 0 Å². The van der Waals surface area contributed by atoms with Gasteiger partial charge in [0.1, 0.15) is 5.60 Å². The van der Waals surface area contributed by atoms with Crippen molar-refractivity contribution in [2.45, 2.75) is 31.1 Å². The molecule has 2 atom stereocenters. The molecule has 3 rings (SSSR count). The van der Waals surface area contributed by atoms with Gasteiger partial charge in [-0.3, -0.25) is 0 Å². The molecule has 76 valence electrons. The second kappa shape index (κ2) is 3.00. The van der Waals surface area contributed by atoms with Crippen molar-refractivity contribution in [1.82, 2.24) is 0 Å². The molecule has 2 aliphatic rings. The van der Waals surface area contributed by atoms with Crippen LogP contribution in [0, 0.1) is 5.92 Å². The van der Waals surface area contributed by atoms with Crippen molar-refractivity contribution in [2.24, 2.45) is 5.92 Å². The third kappa shape index (κ3) is 1.26. The summed E-state index contributed by atoms with van der Waals surface area (Å²) in [6, 6.07) is 2.25. The van der Waals surface area contributed by atoms with Gasteiger partial charge in [-0.1, -0.05) is 6.92 Å². The van der Waals surface area contributed by atoms with E-state index in [0.717, 1.165) is 12.2 Å². The van der Waals surface area contributed by atoms with Gasteiger partial charge >= 0.3 is 0 Å². The van der Waals surface area contributed by atoms with Gasteiger partial charge in [0.15, 0.2) is 0 Å². The number of hydrogen-bond donors (Lipinski definition) is 1. The van der Waals surface area contributed by atoms with E-state index < -0.39 is 5.60 Å². The zero-order valence-corrected chi connectivity index (χ0v) is 9.88. The molecule has 1 nitrogen and oxygen atoms in total. The second-order valence-electron chi connectivity index (χ2n) is 4.39. The summed E-state index contributed by atoms with van der Waals surface area (Å²) in [7, 11) is 0. The summed E-state index contributed by atoms with van der Waals surface area (Å²) in [6.45, 7) is 2.13. The highest BCUT2D eigenvalue weighted by Crippen LogP contribution is 2.54. The SMILES string of the molecule is CC1CC1(O)c1cc2c(s1)CCSC2. The molecule has 1 aliphatic carbocycles. The fourth-order valence-corrected chi connectivity index (χ4v) is 4.70. The lowest BCUT2D eigenvalue weighted by Crippen LogP contribution is -2.04. The van der Waals surface area contributed by atoms with Crippen LogP contribution in [0.15, 0.2) is 6.07 Å². The van der Waals surface area contributed by atoms with E-state index in [1.54, 1.807) is 0 Å². The van der Waals surface area contributed by atoms with E-state index in [1.165, 1.54) is 27.5 Å². The number of hydrogen-bond acceptors (Lipinski definition) is 3. The molecule has 0 bridgehead atoms. The molecule has 0 radical (unpaired) electrons. The smallest absolute Gasteiger partial charge is 0.102 e. The van der Waals surface area contributed by atoms with Crippen molar-refractivity contribution in [1.29, 1.82) is 0 Å². The summed E-state index contributed by atoms with van der Waals surface area (Å²) in [5.74, 6) is 2.87. The number of thioether (sulfide) groups is 1. The van der Waals surface area contributed by atoms with Crippen molar-refractivity contribution in [3.63, 3.8) is 0 Å². The molecule has 1 aromatic heterocycles. The molecule has 1 saturated carbocycles. The Kier molecular flexibility index (Phi) is 1.98. The molecule has 2 heterocycles. The molecule has 2 unspecified atom stereocenters. The summed E-state index contributed by atoms with van der Waals surface area (Å²) in [5, 5.41) is 10.2. The summed E-state index contributed by atoms with van der Waals surface area (Å²) < 4.78 is 0. The van der Waals surface area contributed by atoms with Crippen molar-refractivity contribution in [3.8, 4) is 0 Å². The lowest BCUT2D eigenvalue weighted by Gasteiger charge is -2.08. The predicted molar refractivity (Wildman–Crippen MR) is 61.9 cm³/mol. The molecule has 0 aromatic carbocycles. The zero-order chi connectivity index (χ0) is 9.76. The van der Waals surface area contributed by atoms with E-state index >= 15 is 0 Å². The van der Waals surface area contributed by atoms with Crippen LogP contribution in [0.3, 0.4) is 0 Å². The minimum Gasteiger partial charge on any atom is -0.384 e. The molecule has 14 heavy (non-hydrogen) atoms. The maximum Gasteiger partial charge on any atom is 0.102 e. The van der Waals surface area contributed by atoms with Gasteiger partial charge in [-0.25, -0.2) is 0 Å². The Hall–Kier alpha value is 0.01000. The average molecular weight is 226 g/mol. The molecule has 1 aliphatic heterocycles. The van der Waals surface area contributed by atoms with Gasteiger partial charge in [-0.15, -0.1) is 11.3 Å². The first-order valence-corrected chi connectivity index (χ1v) is 7.09. The van der Waals surface area contributed by atoms with Crippen LogP contribution in [-0.2, 0) is 17.8 Å². The largest absolute Gasteiger partial charge is 0.384 e. The van der Waals surface area contributed by atoms with Crippen LogP contribution in [0.25, 0.3) is 0 Å². The van der Waals surface area contributed by atoms with Crippen molar-refractivity contribution in [3.05, 3.63) is 21.4 Å². The van der Waals surface area contributed by atoms with Crippen LogP contribution in [0.2, 0.25) is 0 Å². The Morgan fingerprint density at radius 2 is 2.36 bits per heavy atom. The molecule has 0 saturated heterocycles. The van der Waals surface area contributed by atoms with Crippen LogP contribution >= 0.6 is 23.1 Å². The summed E-state index contributed by atoms with van der Waals surface area (Å²) in [6.07, 6.45) is 2.16. The standard InChI is InChI=1S/C11H14OS2/c1-7-5-11(7,12)10-4-8-6-13-3-2-9(8)14-10/h4,7,12H,2-3,5-6H2,1H3. The highest BCUT2D eigenvalue weighted by atomic mass is 32.2. The fourth-order valence-electron chi connectivity index (χ4n) is 2.11. The molecule has 1 fully saturated rings. The van der Waals surface area contributed by atoms with Gasteiger partial charge < -0.3 is 5.11 Å². The summed E-state index contributed by atoms with van der Waals surface area (Å²) in [4.78, 5) is 2.74. The van der Waals surface area contributed by atoms with Crippen molar-refractivity contribution in [2.75, 3.05) is 5.75 Å². The Bertz CT molecular complexity index is 348. The first-order valence-electron chi connectivity index (χ1n) is 5.12. The van der Waals surface area contributed by atoms with E-state index in [9.17, 15) is 5.11 Å². The highest BCUT2D eigenvalue weighted by molar-refractivity contribution is 7.98. The number of aryl methyl sites for hydroxylation is 1. The molecular formula is C11H14OS2. The normalized spacial score (nSPS) is 35.4. The molecule has 0 amide bonds. The maximum absolute atomic E-state index is 10.2. The van der Waals surface area contributed by atoms with Crippen LogP contribution in [0.4, 0.5) is 0 Å². The Morgan fingerprint density at radius 3 is 3.00 bits per heavy atom. The number of rotatable bonds is 1. The van der Waals surface area contributed by atoms with Crippen molar-refractivity contribution < 1.29 is 5.11 Å². The summed E-state index contributed by atoms with van der Waals surface area (Å²) >= 11 is 3.85. The van der Waals surface area contributed by atoms with Crippen molar-refractivity contribution >= 4 is 23.1 Å². The number of fused-ring (bicyclic) bond motifs is 1. The number of aliphatic hydroxyl groups is 1. The van der Waals surface area contributed by atoms with Gasteiger partial charge in [0.05, 0.1) is 0 Å². The van der Waals surface area contributed by atoms with E-state index in [1.807, 2.05) is 23.1 Å². The minimum absolute atomic E-state index is 0.452. The second-order valence-corrected chi connectivity index (χ2v) is 6.63. The molecular weight excluding hydrogens is 212 g/mol. The monoisotopic (exact) mass is 226 g/mol. The molecule has 3 heteroatoms. The van der Waals surface area contributed by atoms with Crippen LogP contribution in [0.5, 0.6) is 0 Å². The van der Waals surface area contributed by atoms with Gasteiger partial charge in [0, 0.05) is 15.5 Å². The highest BCUT2D eigenvalue weighted by Gasteiger charge is 2.52. The quantitative estimate of drug-likeness (QED) is 0.794. The minimum atomic E-state index is -0.452. The first kappa shape index (κ1) is 9.25. The lowest BCUT2D eigenvalue weighted by molar-refractivity contribution is 0.138. The number of thiophene rings is 1. The Balaban J connectivity index is 1.97. The van der Waals surface area contributed by atoms with E-state index in [0.29, 0.717) is 5.92 Å². The van der Waals surface area contributed by atoms with Gasteiger partial charge in [0.25, 0.3) is 0 Å². The van der Waals surface area contributed by atoms with E-state index in [2.05, 4.69) is 13.0 Å². The maximum atomic E-state index is 10.2. The molecule has 1 N–H and O–H groups in total. The van der Waals surface area contributed by atoms with Crippen LogP contribution < -0.4 is 0 Å². The predicted octanol–water partition coefficient (Wildman–Crippen LogP) is 2.76. The Morgan fingerprint density at radius 1 is 1.57 bits per heavy atom. The average Bonchev–Trinajstić information content (AvgIpc) is 2.66. The third-order valence-electron chi connectivity index (χ3n) is 3.33. The van der Waals surface area contributed by atoms with Crippen LogP contribution in [0.1, 0.15) is 28.7 Å². The van der Waals surface area contributed by atoms with Gasteiger partial charge in [-0.2, -0.15) is 11.8 Å². The zero-order valence-electron chi connectivity index (χ0n) is 8.25. The van der Waals surface area contributed by atoms with Gasteiger partial charge in [-0.05, 0) is 36.1 Å².